The van der Waals surface area contributed by atoms with Crippen LogP contribution >= 0.6 is 27.5 Å². The molecule has 6 heteroatoms. The van der Waals surface area contributed by atoms with Gasteiger partial charge in [-0.3, -0.25) is 9.36 Å². The summed E-state index contributed by atoms with van der Waals surface area (Å²) in [6.07, 6.45) is 1.34. The summed E-state index contributed by atoms with van der Waals surface area (Å²) in [5, 5.41) is 0.145. The highest BCUT2D eigenvalue weighted by Crippen LogP contribution is 2.15. The normalized spacial score (nSPS) is 10.5. The zero-order valence-electron chi connectivity index (χ0n) is 8.53. The van der Waals surface area contributed by atoms with Crippen LogP contribution in [0.5, 0.6) is 0 Å². The number of hydrogen-bond acceptors (Lipinski definition) is 2. The van der Waals surface area contributed by atoms with Crippen molar-refractivity contribution < 1.29 is 4.39 Å². The topological polar surface area (TPSA) is 34.9 Å². The van der Waals surface area contributed by atoms with E-state index in [4.69, 9.17) is 11.6 Å². The molecular formula is C11H7BrClFN2O. The number of rotatable bonds is 2. The molecule has 0 amide bonds. The smallest absolute Gasteiger partial charge is 0.255 e. The van der Waals surface area contributed by atoms with Crippen LogP contribution in [0.4, 0.5) is 4.39 Å². The molecule has 88 valence electrons. The van der Waals surface area contributed by atoms with Gasteiger partial charge in [-0.15, -0.1) is 0 Å². The number of aromatic nitrogens is 2. The van der Waals surface area contributed by atoms with Crippen molar-refractivity contribution in [2.24, 2.45) is 0 Å². The Morgan fingerprint density at radius 1 is 1.35 bits per heavy atom. The zero-order valence-corrected chi connectivity index (χ0v) is 10.9. The Hall–Kier alpha value is -1.20. The van der Waals surface area contributed by atoms with Crippen molar-refractivity contribution >= 4 is 27.5 Å². The molecule has 1 heterocycles. The molecule has 0 aliphatic rings. The molecule has 0 N–H and O–H groups in total. The van der Waals surface area contributed by atoms with E-state index in [1.807, 2.05) is 0 Å². The Kier molecular flexibility index (Phi) is 3.59. The molecule has 0 aliphatic heterocycles. The Morgan fingerprint density at radius 2 is 2.12 bits per heavy atom. The van der Waals surface area contributed by atoms with Gasteiger partial charge >= 0.3 is 0 Å². The molecule has 0 saturated heterocycles. The molecule has 2 aromatic rings. The van der Waals surface area contributed by atoms with Crippen LogP contribution in [-0.2, 0) is 6.54 Å². The maximum absolute atomic E-state index is 13.1. The second kappa shape index (κ2) is 4.98. The third-order valence-corrected chi connectivity index (χ3v) is 2.79. The average Bonchev–Trinajstić information content (AvgIpc) is 2.21. The van der Waals surface area contributed by atoms with E-state index < -0.39 is 0 Å². The van der Waals surface area contributed by atoms with Crippen LogP contribution in [0.15, 0.2) is 39.9 Å². The highest BCUT2D eigenvalue weighted by Gasteiger charge is 2.02. The van der Waals surface area contributed by atoms with Crippen LogP contribution in [0.2, 0.25) is 5.15 Å². The fraction of sp³-hybridized carbons (Fsp3) is 0.0909. The molecular weight excluding hydrogens is 310 g/mol. The van der Waals surface area contributed by atoms with Gasteiger partial charge in [-0.2, -0.15) is 0 Å². The second-order valence-corrected chi connectivity index (χ2v) is 4.76. The van der Waals surface area contributed by atoms with Crippen LogP contribution in [0.25, 0.3) is 0 Å². The summed E-state index contributed by atoms with van der Waals surface area (Å²) in [5.74, 6) is -0.357. The number of hydrogen-bond donors (Lipinski definition) is 0. The van der Waals surface area contributed by atoms with E-state index in [2.05, 4.69) is 20.9 Å². The lowest BCUT2D eigenvalue weighted by Gasteiger charge is -2.05. The third kappa shape index (κ3) is 3.14. The number of halogens is 3. The van der Waals surface area contributed by atoms with E-state index in [-0.39, 0.29) is 23.1 Å². The van der Waals surface area contributed by atoms with Crippen molar-refractivity contribution in [3.63, 3.8) is 0 Å². The fourth-order valence-electron chi connectivity index (χ4n) is 1.42. The van der Waals surface area contributed by atoms with Crippen molar-refractivity contribution in [3.8, 4) is 0 Å². The summed E-state index contributed by atoms with van der Waals surface area (Å²) < 4.78 is 15.1. The van der Waals surface area contributed by atoms with Gasteiger partial charge in [-0.1, -0.05) is 27.5 Å². The molecule has 0 atom stereocenters. The van der Waals surface area contributed by atoms with Gasteiger partial charge in [0.2, 0.25) is 0 Å². The van der Waals surface area contributed by atoms with Crippen molar-refractivity contribution in [2.75, 3.05) is 0 Å². The minimum Gasteiger partial charge on any atom is -0.295 e. The third-order valence-electron chi connectivity index (χ3n) is 2.12. The maximum Gasteiger partial charge on any atom is 0.255 e. The molecule has 0 spiro atoms. The molecule has 3 nitrogen and oxygen atoms in total. The fourth-order valence-corrected chi connectivity index (χ4v) is 2.07. The second-order valence-electron chi connectivity index (χ2n) is 3.46. The van der Waals surface area contributed by atoms with Gasteiger partial charge in [0.1, 0.15) is 11.0 Å². The highest BCUT2D eigenvalue weighted by atomic mass is 79.9. The van der Waals surface area contributed by atoms with E-state index in [9.17, 15) is 9.18 Å². The Bertz CT molecular complexity index is 594. The summed E-state index contributed by atoms with van der Waals surface area (Å²) in [6, 6.07) is 5.68. The summed E-state index contributed by atoms with van der Waals surface area (Å²) in [5.41, 5.74) is 0.397. The molecule has 0 unspecified atom stereocenters. The Labute approximate surface area is 110 Å². The average molecular weight is 318 g/mol. The van der Waals surface area contributed by atoms with Crippen molar-refractivity contribution in [1.82, 2.24) is 9.55 Å². The van der Waals surface area contributed by atoms with E-state index in [0.717, 1.165) is 0 Å². The first-order valence-corrected chi connectivity index (χ1v) is 5.88. The molecule has 1 aromatic carbocycles. The first kappa shape index (κ1) is 12.3. The van der Waals surface area contributed by atoms with Crippen LogP contribution in [0.1, 0.15) is 5.56 Å². The lowest BCUT2D eigenvalue weighted by atomic mass is 10.2. The molecule has 0 saturated carbocycles. The highest BCUT2D eigenvalue weighted by molar-refractivity contribution is 9.10. The van der Waals surface area contributed by atoms with Crippen molar-refractivity contribution in [2.45, 2.75) is 6.54 Å². The van der Waals surface area contributed by atoms with Crippen molar-refractivity contribution in [3.05, 3.63) is 62.0 Å². The van der Waals surface area contributed by atoms with Gasteiger partial charge in [-0.05, 0) is 23.8 Å². The quantitative estimate of drug-likeness (QED) is 0.798. The largest absolute Gasteiger partial charge is 0.295 e. The van der Waals surface area contributed by atoms with Crippen LogP contribution < -0.4 is 5.56 Å². The molecule has 0 fully saturated rings. The van der Waals surface area contributed by atoms with Crippen LogP contribution in [0, 0.1) is 5.82 Å². The molecule has 2 rings (SSSR count). The molecule has 0 radical (unpaired) electrons. The van der Waals surface area contributed by atoms with Gasteiger partial charge in [-0.25, -0.2) is 9.37 Å². The Morgan fingerprint density at radius 3 is 2.76 bits per heavy atom. The molecule has 0 aliphatic carbocycles. The zero-order chi connectivity index (χ0) is 12.4. The van der Waals surface area contributed by atoms with Gasteiger partial charge in [0.05, 0.1) is 12.9 Å². The van der Waals surface area contributed by atoms with Crippen molar-refractivity contribution in [1.29, 1.82) is 0 Å². The summed E-state index contributed by atoms with van der Waals surface area (Å²) in [7, 11) is 0. The van der Waals surface area contributed by atoms with Gasteiger partial charge in [0.25, 0.3) is 5.56 Å². The predicted octanol–water partition coefficient (Wildman–Crippen LogP) is 2.85. The van der Waals surface area contributed by atoms with Crippen LogP contribution in [0.3, 0.4) is 0 Å². The number of nitrogens with zero attached hydrogens (tertiary/aromatic N) is 2. The molecule has 17 heavy (non-hydrogen) atoms. The number of benzene rings is 1. The summed E-state index contributed by atoms with van der Waals surface area (Å²) in [6.45, 7) is 0.249. The molecule has 1 aromatic heterocycles. The standard InChI is InChI=1S/C11H7BrClFN2O/c12-8-1-7(2-9(14)3-8)5-16-6-15-10(13)4-11(16)17/h1-4,6H,5H2. The van der Waals surface area contributed by atoms with Gasteiger partial charge in [0, 0.05) is 10.5 Å². The van der Waals surface area contributed by atoms with Gasteiger partial charge in [0.15, 0.2) is 0 Å². The van der Waals surface area contributed by atoms with E-state index in [0.29, 0.717) is 10.0 Å². The summed E-state index contributed by atoms with van der Waals surface area (Å²) in [4.78, 5) is 15.4. The minimum atomic E-state index is -0.357. The van der Waals surface area contributed by atoms with E-state index >= 15 is 0 Å². The lowest BCUT2D eigenvalue weighted by molar-refractivity contribution is 0.621. The predicted molar refractivity (Wildman–Crippen MR) is 66.7 cm³/mol. The van der Waals surface area contributed by atoms with E-state index in [1.165, 1.54) is 29.1 Å². The first-order chi connectivity index (χ1) is 8.04. The maximum atomic E-state index is 13.1. The van der Waals surface area contributed by atoms with E-state index in [1.54, 1.807) is 6.07 Å². The van der Waals surface area contributed by atoms with Gasteiger partial charge < -0.3 is 0 Å². The minimum absolute atomic E-state index is 0.145. The van der Waals surface area contributed by atoms with Crippen LogP contribution in [-0.4, -0.2) is 9.55 Å². The first-order valence-electron chi connectivity index (χ1n) is 4.71. The molecule has 0 bridgehead atoms. The SMILES string of the molecule is O=c1cc(Cl)ncn1Cc1cc(F)cc(Br)c1. The monoisotopic (exact) mass is 316 g/mol. The summed E-state index contributed by atoms with van der Waals surface area (Å²) >= 11 is 8.77. The lowest BCUT2D eigenvalue weighted by Crippen LogP contribution is -2.19. The Balaban J connectivity index is 2.34.